The lowest BCUT2D eigenvalue weighted by Crippen LogP contribution is -2.29. The highest BCUT2D eigenvalue weighted by atomic mass is 79.9. The molecule has 0 unspecified atom stereocenters. The van der Waals surface area contributed by atoms with Crippen molar-refractivity contribution in [2.24, 2.45) is 5.73 Å². The Balaban J connectivity index is 0.000000135. The number of hydrogen-bond donors (Lipinski definition) is 4. The Bertz CT molecular complexity index is 6000. The van der Waals surface area contributed by atoms with E-state index < -0.39 is 7.12 Å². The largest absolute Gasteiger partial charge is 0.488 e. The number of nitrogens with two attached hydrogens (primary N) is 1. The van der Waals surface area contributed by atoms with Crippen molar-refractivity contribution in [1.29, 1.82) is 5.41 Å². The van der Waals surface area contributed by atoms with Crippen LogP contribution in [0.4, 0.5) is 0 Å². The van der Waals surface area contributed by atoms with Crippen LogP contribution in [0.1, 0.15) is 15.9 Å². The predicted molar refractivity (Wildman–Crippen MR) is 451 cm³/mol. The zero-order chi connectivity index (χ0) is 74.1. The summed E-state index contributed by atoms with van der Waals surface area (Å²) in [5.74, 6) is 4.09. The van der Waals surface area contributed by atoms with Crippen molar-refractivity contribution < 1.29 is 23.7 Å². The minimum absolute atomic E-state index is 0. The molecule has 0 saturated heterocycles. The van der Waals surface area contributed by atoms with Crippen LogP contribution in [0.25, 0.3) is 146 Å². The van der Waals surface area contributed by atoms with E-state index in [0.717, 1.165) is 131 Å². The van der Waals surface area contributed by atoms with Crippen LogP contribution >= 0.6 is 44.3 Å². The molecule has 0 bridgehead atoms. The molecule has 14 aromatic carbocycles. The Kier molecular flexibility index (Phi) is 24.2. The summed E-state index contributed by atoms with van der Waals surface area (Å²) < 4.78 is 13.9. The maximum Gasteiger partial charge on any atom is 0.488 e. The standard InChI is InChI=1S/C39H25N3O.C21H14BrN3.C18H13BO3.C7H5BrO.C7H8N2.ClH/c1-3-10-27(11-4-1)37-40-38(28-12-5-2-6-13-28)42-39(41-37)29-20-18-26(19-21-29)30-14-9-15-31(24-30)32-22-23-36-34(25-32)33-16-7-8-17-35(33)43-36;22-18-13-11-17(12-14-18)21-24-19(15-7-3-1-4-8-15)23-20(25-21)16-9-5-2-6-10-16;20-19(21)14-5-3-4-12(10-14)13-8-9-18-16(11-13)15-6-1-2-7-17(15)22-18;8-7-3-1-6(5-9)2-4-7;8-7(9)6-4-2-1-3-5-6;/h1-25H;1-14H;1-11,20-21H;1-5H;1-5H,(H3,8,9);1H. The smallest absolute Gasteiger partial charge is 0.456 e. The molecule has 0 radical (unpaired) electrons. The molecule has 18 aromatic rings. The van der Waals surface area contributed by atoms with Gasteiger partial charge in [-0.3, -0.25) is 10.2 Å². The molecule has 4 heterocycles. The van der Waals surface area contributed by atoms with Gasteiger partial charge in [0.05, 0.1) is 0 Å². The van der Waals surface area contributed by atoms with E-state index in [2.05, 4.69) is 122 Å². The molecule has 13 nitrogen and oxygen atoms in total. The van der Waals surface area contributed by atoms with Crippen molar-refractivity contribution in [3.63, 3.8) is 0 Å². The fourth-order valence-electron chi connectivity index (χ4n) is 12.0. The van der Waals surface area contributed by atoms with Crippen molar-refractivity contribution >= 4 is 113 Å². The van der Waals surface area contributed by atoms with E-state index in [-0.39, 0.29) is 18.2 Å². The first kappa shape index (κ1) is 74.4. The molecule has 528 valence electrons. The predicted octanol–water partition coefficient (Wildman–Crippen LogP) is 22.3. The lowest BCUT2D eigenvalue weighted by molar-refractivity contribution is 0.112. The zero-order valence-electron chi connectivity index (χ0n) is 58.3. The van der Waals surface area contributed by atoms with E-state index in [1.165, 1.54) is 0 Å². The first-order chi connectivity index (χ1) is 52.9. The fourth-order valence-corrected chi connectivity index (χ4v) is 12.5. The summed E-state index contributed by atoms with van der Waals surface area (Å²) in [6.07, 6.45) is 0.826. The fraction of sp³-hybridized carbons (Fsp3) is 0. The number of carbonyl (C=O) groups is 1. The van der Waals surface area contributed by atoms with Gasteiger partial charge in [0, 0.05) is 75.0 Å². The first-order valence-corrected chi connectivity index (χ1v) is 36.1. The minimum Gasteiger partial charge on any atom is -0.456 e. The summed E-state index contributed by atoms with van der Waals surface area (Å²) in [6, 6.07) is 117. The highest BCUT2D eigenvalue weighted by Crippen LogP contribution is 2.36. The third-order valence-corrected chi connectivity index (χ3v) is 18.6. The van der Waals surface area contributed by atoms with E-state index >= 15 is 0 Å². The molecule has 0 spiro atoms. The quantitative estimate of drug-likeness (QED) is 0.0390. The van der Waals surface area contributed by atoms with Crippen LogP contribution in [-0.2, 0) is 0 Å². The molecule has 5 N–H and O–H groups in total. The van der Waals surface area contributed by atoms with Gasteiger partial charge in [0.1, 0.15) is 34.5 Å². The number of amidine groups is 1. The molecule has 0 fully saturated rings. The topological polar surface area (TPSA) is 211 Å². The van der Waals surface area contributed by atoms with Gasteiger partial charge in [0.2, 0.25) is 0 Å². The summed E-state index contributed by atoms with van der Waals surface area (Å²) in [5.41, 5.74) is 23.0. The molecule has 18 rings (SSSR count). The van der Waals surface area contributed by atoms with Gasteiger partial charge in [0.15, 0.2) is 34.9 Å². The number of furan rings is 2. The number of aromatic nitrogens is 6. The van der Waals surface area contributed by atoms with Crippen LogP contribution in [0.5, 0.6) is 0 Å². The number of para-hydroxylation sites is 2. The Morgan fingerprint density at radius 2 is 0.596 bits per heavy atom. The average Bonchev–Trinajstić information content (AvgIpc) is 1.65. The van der Waals surface area contributed by atoms with E-state index in [1.54, 1.807) is 24.3 Å². The van der Waals surface area contributed by atoms with Crippen molar-refractivity contribution in [2.45, 2.75) is 0 Å². The van der Waals surface area contributed by atoms with Crippen LogP contribution in [0, 0.1) is 5.41 Å². The number of fused-ring (bicyclic) bond motifs is 6. The second kappa shape index (κ2) is 35.4. The van der Waals surface area contributed by atoms with Crippen molar-refractivity contribution in [3.05, 3.63) is 378 Å². The second-order valence-electron chi connectivity index (χ2n) is 24.8. The van der Waals surface area contributed by atoms with E-state index in [9.17, 15) is 14.8 Å². The summed E-state index contributed by atoms with van der Waals surface area (Å²) >= 11 is 6.73. The molecule has 0 aliphatic carbocycles. The summed E-state index contributed by atoms with van der Waals surface area (Å²) in [6.45, 7) is 0. The molecule has 0 saturated carbocycles. The molecule has 0 atom stereocenters. The number of hydrogen-bond acceptors (Lipinski definition) is 12. The Morgan fingerprint density at radius 3 is 0.972 bits per heavy atom. The minimum atomic E-state index is -1.46. The number of benzene rings is 14. The second-order valence-corrected chi connectivity index (χ2v) is 26.6. The number of carbonyl (C=O) groups excluding carboxylic acids is 1. The van der Waals surface area contributed by atoms with Crippen molar-refractivity contribution in [3.8, 4) is 102 Å². The molecule has 0 amide bonds. The molecular weight excluding hydrogens is 1500 g/mol. The van der Waals surface area contributed by atoms with Gasteiger partial charge in [0.25, 0.3) is 0 Å². The highest BCUT2D eigenvalue weighted by Gasteiger charge is 2.17. The van der Waals surface area contributed by atoms with Gasteiger partial charge in [-0.25, -0.2) is 29.9 Å². The average molecular weight is 1570 g/mol. The Labute approximate surface area is 652 Å². The maximum atomic E-state index is 10.1. The van der Waals surface area contributed by atoms with Gasteiger partial charge >= 0.3 is 7.12 Å². The van der Waals surface area contributed by atoms with Crippen LogP contribution in [0.3, 0.4) is 0 Å². The number of nitrogens with one attached hydrogen (secondary N) is 1. The van der Waals surface area contributed by atoms with Gasteiger partial charge < -0.3 is 24.6 Å². The monoisotopic (exact) mass is 1570 g/mol. The molecular formula is C92H66BBr2ClN8O5. The normalized spacial score (nSPS) is 10.6. The van der Waals surface area contributed by atoms with Gasteiger partial charge in [-0.15, -0.1) is 12.4 Å². The highest BCUT2D eigenvalue weighted by molar-refractivity contribution is 9.10. The number of rotatable bonds is 12. The van der Waals surface area contributed by atoms with E-state index in [4.69, 9.17) is 44.9 Å². The third kappa shape index (κ3) is 18.5. The number of nitrogens with zero attached hydrogens (tertiary/aromatic N) is 6. The number of halogens is 3. The number of aldehydes is 1. The lowest BCUT2D eigenvalue weighted by Gasteiger charge is -2.10. The van der Waals surface area contributed by atoms with Crippen molar-refractivity contribution in [1.82, 2.24) is 29.9 Å². The van der Waals surface area contributed by atoms with E-state index in [0.29, 0.717) is 46.0 Å². The number of nitrogen functional groups attached to an aromatic ring is 1. The molecule has 0 aliphatic heterocycles. The maximum absolute atomic E-state index is 10.1. The molecule has 0 aliphatic rings. The molecule has 17 heteroatoms. The molecule has 4 aromatic heterocycles. The van der Waals surface area contributed by atoms with Crippen LogP contribution in [0.2, 0.25) is 0 Å². The summed E-state index contributed by atoms with van der Waals surface area (Å²) in [7, 11) is -1.46. The Hall–Kier alpha value is -12.9. The summed E-state index contributed by atoms with van der Waals surface area (Å²) in [4.78, 5) is 38.7. The van der Waals surface area contributed by atoms with Gasteiger partial charge in [-0.05, 0) is 106 Å². The van der Waals surface area contributed by atoms with Gasteiger partial charge in [-0.2, -0.15) is 0 Å². The third-order valence-electron chi connectivity index (χ3n) is 17.5. The lowest BCUT2D eigenvalue weighted by atomic mass is 9.79. The molecule has 109 heavy (non-hydrogen) atoms. The van der Waals surface area contributed by atoms with E-state index in [1.807, 2.05) is 249 Å². The van der Waals surface area contributed by atoms with Crippen LogP contribution in [0.15, 0.2) is 376 Å². The van der Waals surface area contributed by atoms with Crippen LogP contribution in [-0.4, -0.2) is 59.2 Å². The summed E-state index contributed by atoms with van der Waals surface area (Å²) in [5, 5.41) is 30.0. The van der Waals surface area contributed by atoms with Gasteiger partial charge in [-0.1, -0.05) is 323 Å². The SMILES string of the molecule is Brc1ccc(-c2nc(-c3ccccc3)nc(-c3ccccc3)n2)cc1.Cl.N=C(N)c1ccccc1.O=Cc1ccc(Br)cc1.OB(O)c1cccc(-c2ccc3oc4ccccc4c3c2)c1.c1ccc(-c2nc(-c3ccccc3)nc(-c3ccc(-c4cccc(-c5ccc6oc7ccccc7c6c5)c4)cc3)n2)cc1. The van der Waals surface area contributed by atoms with Crippen molar-refractivity contribution in [2.75, 3.05) is 0 Å². The first-order valence-electron chi connectivity index (χ1n) is 34.5. The Morgan fingerprint density at radius 1 is 0.312 bits per heavy atom. The zero-order valence-corrected chi connectivity index (χ0v) is 62.3. The van der Waals surface area contributed by atoms with Crippen LogP contribution < -0.4 is 11.2 Å².